The smallest absolute Gasteiger partial charge is 0.321 e. The summed E-state index contributed by atoms with van der Waals surface area (Å²) >= 11 is 7.35. The number of carboxylic acid groups (broad SMARTS) is 1. The van der Waals surface area contributed by atoms with E-state index < -0.39 is 12.0 Å². The average molecular weight is 314 g/mol. The van der Waals surface area contributed by atoms with Crippen molar-refractivity contribution in [3.05, 3.63) is 35.2 Å². The molecule has 0 spiro atoms. The molecule has 1 atom stereocenters. The van der Waals surface area contributed by atoms with Gasteiger partial charge in [0, 0.05) is 5.75 Å². The second kappa shape index (κ2) is 6.74. The third-order valence-corrected chi connectivity index (χ3v) is 3.79. The molecule has 6 nitrogen and oxygen atoms in total. The molecular formula is C12H12ClN3O3S. The van der Waals surface area contributed by atoms with Gasteiger partial charge in [0.2, 0.25) is 11.8 Å². The fraction of sp³-hybridized carbons (Fsp3) is 0.250. The Kier molecular flexibility index (Phi) is 4.99. The van der Waals surface area contributed by atoms with Gasteiger partial charge >= 0.3 is 5.97 Å². The van der Waals surface area contributed by atoms with Gasteiger partial charge in [-0.15, -0.1) is 22.0 Å². The fourth-order valence-electron chi connectivity index (χ4n) is 1.40. The molecule has 1 unspecified atom stereocenters. The zero-order chi connectivity index (χ0) is 14.5. The van der Waals surface area contributed by atoms with Crippen molar-refractivity contribution in [2.24, 2.45) is 5.73 Å². The van der Waals surface area contributed by atoms with Crippen molar-refractivity contribution in [3.8, 4) is 11.5 Å². The molecule has 2 rings (SSSR count). The van der Waals surface area contributed by atoms with Crippen molar-refractivity contribution in [3.63, 3.8) is 0 Å². The summed E-state index contributed by atoms with van der Waals surface area (Å²) in [5.41, 5.74) is 6.06. The molecule has 0 fully saturated rings. The predicted octanol–water partition coefficient (Wildman–Crippen LogP) is 2.04. The molecule has 0 aliphatic carbocycles. The van der Waals surface area contributed by atoms with E-state index in [-0.39, 0.29) is 5.75 Å². The fourth-order valence-corrected chi connectivity index (χ4v) is 2.42. The summed E-state index contributed by atoms with van der Waals surface area (Å²) < 4.78 is 5.48. The molecule has 0 aliphatic heterocycles. The van der Waals surface area contributed by atoms with E-state index in [1.54, 1.807) is 12.1 Å². The van der Waals surface area contributed by atoms with Gasteiger partial charge in [0.25, 0.3) is 0 Å². The van der Waals surface area contributed by atoms with Crippen molar-refractivity contribution >= 4 is 29.3 Å². The Labute approximate surface area is 124 Å². The zero-order valence-corrected chi connectivity index (χ0v) is 11.9. The maximum absolute atomic E-state index is 10.6. The first-order chi connectivity index (χ1) is 9.58. The van der Waals surface area contributed by atoms with E-state index >= 15 is 0 Å². The zero-order valence-electron chi connectivity index (χ0n) is 10.3. The molecule has 1 aromatic carbocycles. The third kappa shape index (κ3) is 3.72. The molecule has 2 aromatic rings. The summed E-state index contributed by atoms with van der Waals surface area (Å²) in [6, 6.07) is 6.26. The van der Waals surface area contributed by atoms with Gasteiger partial charge in [-0.05, 0) is 12.1 Å². The highest BCUT2D eigenvalue weighted by Gasteiger charge is 2.14. The molecule has 0 saturated carbocycles. The molecule has 8 heteroatoms. The van der Waals surface area contributed by atoms with E-state index in [4.69, 9.17) is 26.9 Å². The number of halogens is 1. The number of hydrogen-bond donors (Lipinski definition) is 2. The van der Waals surface area contributed by atoms with Gasteiger partial charge in [-0.3, -0.25) is 4.79 Å². The quantitative estimate of drug-likeness (QED) is 0.841. The molecule has 1 aromatic heterocycles. The number of benzene rings is 1. The van der Waals surface area contributed by atoms with E-state index in [2.05, 4.69) is 10.2 Å². The number of nitrogens with zero attached hydrogens (tertiary/aromatic N) is 2. The van der Waals surface area contributed by atoms with Gasteiger partial charge in [-0.2, -0.15) is 0 Å². The van der Waals surface area contributed by atoms with E-state index in [0.717, 1.165) is 0 Å². The normalized spacial score (nSPS) is 12.3. The van der Waals surface area contributed by atoms with Crippen molar-refractivity contribution < 1.29 is 14.3 Å². The lowest BCUT2D eigenvalue weighted by Gasteiger charge is -2.03. The maximum atomic E-state index is 10.6. The van der Waals surface area contributed by atoms with E-state index in [1.807, 2.05) is 12.1 Å². The van der Waals surface area contributed by atoms with Crippen molar-refractivity contribution in [1.82, 2.24) is 10.2 Å². The summed E-state index contributed by atoms with van der Waals surface area (Å²) in [5, 5.41) is 17.0. The van der Waals surface area contributed by atoms with Crippen LogP contribution in [0, 0.1) is 0 Å². The van der Waals surface area contributed by atoms with Crippen LogP contribution in [0.2, 0.25) is 5.02 Å². The van der Waals surface area contributed by atoms with E-state index in [0.29, 0.717) is 28.1 Å². The lowest BCUT2D eigenvalue weighted by molar-refractivity contribution is -0.137. The van der Waals surface area contributed by atoms with Crippen molar-refractivity contribution in [1.29, 1.82) is 0 Å². The summed E-state index contributed by atoms with van der Waals surface area (Å²) in [7, 11) is 0. The van der Waals surface area contributed by atoms with Gasteiger partial charge in [-0.25, -0.2) is 0 Å². The molecule has 0 radical (unpaired) electrons. The minimum Gasteiger partial charge on any atom is -0.480 e. The first-order valence-electron chi connectivity index (χ1n) is 5.71. The van der Waals surface area contributed by atoms with Gasteiger partial charge in [0.05, 0.1) is 16.3 Å². The maximum Gasteiger partial charge on any atom is 0.321 e. The first kappa shape index (κ1) is 14.8. The number of hydrogen-bond acceptors (Lipinski definition) is 6. The first-order valence-corrected chi connectivity index (χ1v) is 7.24. The number of rotatable bonds is 6. The number of carboxylic acids is 1. The average Bonchev–Trinajstić information content (AvgIpc) is 2.87. The summed E-state index contributed by atoms with van der Waals surface area (Å²) in [6.45, 7) is 0. The Morgan fingerprint density at radius 2 is 2.20 bits per heavy atom. The van der Waals surface area contributed by atoms with Crippen LogP contribution in [0.25, 0.3) is 11.5 Å². The van der Waals surface area contributed by atoms with Crippen molar-refractivity contribution in [2.45, 2.75) is 11.8 Å². The van der Waals surface area contributed by atoms with Crippen LogP contribution < -0.4 is 5.73 Å². The Morgan fingerprint density at radius 1 is 1.45 bits per heavy atom. The molecule has 0 bridgehead atoms. The molecule has 20 heavy (non-hydrogen) atoms. The molecule has 106 valence electrons. The highest BCUT2D eigenvalue weighted by Crippen LogP contribution is 2.26. The lowest BCUT2D eigenvalue weighted by atomic mass is 10.2. The number of aromatic nitrogens is 2. The van der Waals surface area contributed by atoms with Gasteiger partial charge in [0.1, 0.15) is 6.04 Å². The highest BCUT2D eigenvalue weighted by molar-refractivity contribution is 7.98. The summed E-state index contributed by atoms with van der Waals surface area (Å²) in [6.07, 6.45) is 0. The standard InChI is InChI=1S/C12H12ClN3O3S/c13-8-4-2-1-3-7(8)11-16-15-10(19-11)6-20-5-9(14)12(17)18/h1-4,9H,5-6,14H2,(H,17,18). The van der Waals surface area contributed by atoms with Crippen LogP contribution in [0.5, 0.6) is 0 Å². The Bertz CT molecular complexity index is 605. The summed E-state index contributed by atoms with van der Waals surface area (Å²) in [5.74, 6) is 0.397. The number of thioether (sulfide) groups is 1. The predicted molar refractivity (Wildman–Crippen MR) is 76.5 cm³/mol. The molecule has 0 aliphatic rings. The van der Waals surface area contributed by atoms with Crippen LogP contribution in [-0.2, 0) is 10.5 Å². The topological polar surface area (TPSA) is 102 Å². The SMILES string of the molecule is NC(CSCc1nnc(-c2ccccc2Cl)o1)C(=O)O. The second-order valence-electron chi connectivity index (χ2n) is 3.94. The molecule has 3 N–H and O–H groups in total. The van der Waals surface area contributed by atoms with Gasteiger partial charge < -0.3 is 15.3 Å². The number of nitrogens with two attached hydrogens (primary N) is 1. The van der Waals surface area contributed by atoms with Gasteiger partial charge in [-0.1, -0.05) is 23.7 Å². The van der Waals surface area contributed by atoms with Crippen LogP contribution >= 0.6 is 23.4 Å². The minimum absolute atomic E-state index is 0.277. The molecule has 0 saturated heterocycles. The summed E-state index contributed by atoms with van der Waals surface area (Å²) in [4.78, 5) is 10.6. The molecule has 0 amide bonds. The monoisotopic (exact) mass is 313 g/mol. The van der Waals surface area contributed by atoms with E-state index in [9.17, 15) is 4.79 Å². The van der Waals surface area contributed by atoms with Crippen LogP contribution in [-0.4, -0.2) is 33.1 Å². The third-order valence-electron chi connectivity index (χ3n) is 2.41. The Balaban J connectivity index is 1.96. The van der Waals surface area contributed by atoms with Crippen LogP contribution in [0.3, 0.4) is 0 Å². The molecular weight excluding hydrogens is 302 g/mol. The van der Waals surface area contributed by atoms with Crippen molar-refractivity contribution in [2.75, 3.05) is 5.75 Å². The minimum atomic E-state index is -1.03. The number of aliphatic carboxylic acids is 1. The largest absolute Gasteiger partial charge is 0.480 e. The van der Waals surface area contributed by atoms with Crippen LogP contribution in [0.15, 0.2) is 28.7 Å². The Hall–Kier alpha value is -1.57. The molecule has 1 heterocycles. The number of carbonyl (C=O) groups is 1. The van der Waals surface area contributed by atoms with E-state index in [1.165, 1.54) is 11.8 Å². The second-order valence-corrected chi connectivity index (χ2v) is 5.38. The Morgan fingerprint density at radius 3 is 2.90 bits per heavy atom. The van der Waals surface area contributed by atoms with Gasteiger partial charge in [0.15, 0.2) is 0 Å². The van der Waals surface area contributed by atoms with Crippen LogP contribution in [0.1, 0.15) is 5.89 Å². The van der Waals surface area contributed by atoms with Crippen LogP contribution in [0.4, 0.5) is 0 Å². The lowest BCUT2D eigenvalue weighted by Crippen LogP contribution is -2.32. The highest BCUT2D eigenvalue weighted by atomic mass is 35.5.